The third-order valence-electron chi connectivity index (χ3n) is 2.72. The Morgan fingerprint density at radius 2 is 2.07 bits per heavy atom. The molecule has 0 saturated heterocycles. The molecule has 2 rings (SSSR count). The van der Waals surface area contributed by atoms with Crippen LogP contribution in [-0.4, -0.2) is 12.5 Å². The number of benzene rings is 1. The van der Waals surface area contributed by atoms with Crippen LogP contribution >= 0.6 is 0 Å². The maximum absolute atomic E-state index is 11.3. The Kier molecular flexibility index (Phi) is 3.02. The van der Waals surface area contributed by atoms with Gasteiger partial charge in [0, 0.05) is 0 Å². The third-order valence-corrected chi connectivity index (χ3v) is 2.72. The van der Waals surface area contributed by atoms with Gasteiger partial charge in [0.25, 0.3) is 0 Å². The van der Waals surface area contributed by atoms with E-state index >= 15 is 0 Å². The van der Waals surface area contributed by atoms with E-state index in [0.717, 1.165) is 18.0 Å². The maximum atomic E-state index is 11.3. The Morgan fingerprint density at radius 3 is 2.60 bits per heavy atom. The van der Waals surface area contributed by atoms with Gasteiger partial charge in [0.2, 0.25) is 5.91 Å². The summed E-state index contributed by atoms with van der Waals surface area (Å²) in [6.45, 7) is 0.891. The van der Waals surface area contributed by atoms with E-state index in [1.807, 2.05) is 30.3 Å². The molecular formula is C12H16N2O. The first-order valence-corrected chi connectivity index (χ1v) is 5.35. The molecule has 1 aliphatic rings. The summed E-state index contributed by atoms with van der Waals surface area (Å²) < 4.78 is 0. The van der Waals surface area contributed by atoms with Crippen LogP contribution in [-0.2, 0) is 4.79 Å². The van der Waals surface area contributed by atoms with Crippen molar-refractivity contribution in [2.45, 2.75) is 18.9 Å². The number of primary amides is 1. The molecule has 0 aliphatic heterocycles. The zero-order valence-corrected chi connectivity index (χ0v) is 8.65. The van der Waals surface area contributed by atoms with Gasteiger partial charge in [-0.05, 0) is 30.9 Å². The molecule has 80 valence electrons. The van der Waals surface area contributed by atoms with E-state index < -0.39 is 0 Å². The van der Waals surface area contributed by atoms with Crippen LogP contribution in [0.4, 0.5) is 0 Å². The van der Waals surface area contributed by atoms with Gasteiger partial charge in [-0.3, -0.25) is 4.79 Å². The predicted octanol–water partition coefficient (Wildman–Crippen LogP) is 1.21. The first kappa shape index (κ1) is 10.2. The highest BCUT2D eigenvalue weighted by Crippen LogP contribution is 2.28. The number of rotatable bonds is 5. The predicted molar refractivity (Wildman–Crippen MR) is 59.1 cm³/mol. The summed E-state index contributed by atoms with van der Waals surface area (Å²) in [6.07, 6.45) is 2.54. The molecule has 1 unspecified atom stereocenters. The SMILES string of the molecule is NC(=O)C(NCC1CC1)c1ccccc1. The molecule has 1 aliphatic carbocycles. The van der Waals surface area contributed by atoms with Gasteiger partial charge in [0.1, 0.15) is 6.04 Å². The molecule has 3 nitrogen and oxygen atoms in total. The van der Waals surface area contributed by atoms with Crippen LogP contribution in [0.1, 0.15) is 24.4 Å². The fourth-order valence-electron chi connectivity index (χ4n) is 1.63. The lowest BCUT2D eigenvalue weighted by atomic mass is 10.1. The Morgan fingerprint density at radius 1 is 1.40 bits per heavy atom. The van der Waals surface area contributed by atoms with Crippen molar-refractivity contribution in [2.24, 2.45) is 11.7 Å². The van der Waals surface area contributed by atoms with Crippen molar-refractivity contribution in [2.75, 3.05) is 6.54 Å². The van der Waals surface area contributed by atoms with Crippen molar-refractivity contribution in [3.8, 4) is 0 Å². The first-order valence-electron chi connectivity index (χ1n) is 5.35. The summed E-state index contributed by atoms with van der Waals surface area (Å²) >= 11 is 0. The van der Waals surface area contributed by atoms with Crippen molar-refractivity contribution < 1.29 is 4.79 Å². The van der Waals surface area contributed by atoms with Gasteiger partial charge in [-0.25, -0.2) is 0 Å². The summed E-state index contributed by atoms with van der Waals surface area (Å²) in [7, 11) is 0. The maximum Gasteiger partial charge on any atom is 0.239 e. The van der Waals surface area contributed by atoms with Crippen LogP contribution in [0.25, 0.3) is 0 Å². The van der Waals surface area contributed by atoms with Crippen LogP contribution in [0.15, 0.2) is 30.3 Å². The number of carbonyl (C=O) groups is 1. The highest BCUT2D eigenvalue weighted by atomic mass is 16.1. The second-order valence-corrected chi connectivity index (χ2v) is 4.10. The van der Waals surface area contributed by atoms with Crippen LogP contribution in [0.3, 0.4) is 0 Å². The van der Waals surface area contributed by atoms with E-state index in [0.29, 0.717) is 0 Å². The van der Waals surface area contributed by atoms with Crippen molar-refractivity contribution in [3.63, 3.8) is 0 Å². The summed E-state index contributed by atoms with van der Waals surface area (Å²) in [4.78, 5) is 11.3. The average molecular weight is 204 g/mol. The highest BCUT2D eigenvalue weighted by Gasteiger charge is 2.24. The van der Waals surface area contributed by atoms with Gasteiger partial charge in [0.15, 0.2) is 0 Å². The lowest BCUT2D eigenvalue weighted by molar-refractivity contribution is -0.120. The van der Waals surface area contributed by atoms with Crippen LogP contribution < -0.4 is 11.1 Å². The number of nitrogens with two attached hydrogens (primary N) is 1. The topological polar surface area (TPSA) is 55.1 Å². The quantitative estimate of drug-likeness (QED) is 0.757. The molecule has 3 heteroatoms. The lowest BCUT2D eigenvalue weighted by Crippen LogP contribution is -2.34. The zero-order chi connectivity index (χ0) is 10.7. The van der Waals surface area contributed by atoms with Crippen LogP contribution in [0, 0.1) is 5.92 Å². The monoisotopic (exact) mass is 204 g/mol. The molecule has 1 amide bonds. The van der Waals surface area contributed by atoms with Crippen molar-refractivity contribution in [1.29, 1.82) is 0 Å². The number of hydrogen-bond acceptors (Lipinski definition) is 2. The summed E-state index contributed by atoms with van der Waals surface area (Å²) in [5.41, 5.74) is 6.32. The average Bonchev–Trinajstić information content (AvgIpc) is 3.03. The summed E-state index contributed by atoms with van der Waals surface area (Å²) in [5, 5.41) is 3.22. The van der Waals surface area contributed by atoms with Gasteiger partial charge in [-0.15, -0.1) is 0 Å². The van der Waals surface area contributed by atoms with Crippen molar-refractivity contribution in [3.05, 3.63) is 35.9 Å². The minimum Gasteiger partial charge on any atom is -0.368 e. The van der Waals surface area contributed by atoms with Gasteiger partial charge in [-0.2, -0.15) is 0 Å². The molecule has 1 saturated carbocycles. The normalized spacial score (nSPS) is 17.3. The molecule has 1 atom stereocenters. The Balaban J connectivity index is 2.01. The smallest absolute Gasteiger partial charge is 0.239 e. The molecule has 3 N–H and O–H groups in total. The molecular weight excluding hydrogens is 188 g/mol. The van der Waals surface area contributed by atoms with Crippen LogP contribution in [0.5, 0.6) is 0 Å². The Labute approximate surface area is 89.7 Å². The molecule has 1 fully saturated rings. The minimum atomic E-state index is -0.341. The highest BCUT2D eigenvalue weighted by molar-refractivity contribution is 5.81. The number of amides is 1. The fourth-order valence-corrected chi connectivity index (χ4v) is 1.63. The Bertz CT molecular complexity index is 333. The zero-order valence-electron chi connectivity index (χ0n) is 8.65. The number of carbonyl (C=O) groups excluding carboxylic acids is 1. The molecule has 15 heavy (non-hydrogen) atoms. The lowest BCUT2D eigenvalue weighted by Gasteiger charge is -2.15. The molecule has 0 bridgehead atoms. The Hall–Kier alpha value is -1.35. The third kappa shape index (κ3) is 2.80. The van der Waals surface area contributed by atoms with E-state index in [9.17, 15) is 4.79 Å². The van der Waals surface area contributed by atoms with Gasteiger partial charge in [0.05, 0.1) is 0 Å². The second-order valence-electron chi connectivity index (χ2n) is 4.10. The van der Waals surface area contributed by atoms with E-state index in [1.54, 1.807) is 0 Å². The molecule has 0 radical (unpaired) electrons. The number of nitrogens with one attached hydrogen (secondary N) is 1. The summed E-state index contributed by atoms with van der Waals surface area (Å²) in [6, 6.07) is 9.29. The van der Waals surface area contributed by atoms with E-state index in [4.69, 9.17) is 5.73 Å². The molecule has 0 aromatic heterocycles. The molecule has 0 spiro atoms. The van der Waals surface area contributed by atoms with E-state index in [1.165, 1.54) is 12.8 Å². The van der Waals surface area contributed by atoms with Crippen LogP contribution in [0.2, 0.25) is 0 Å². The molecule has 1 aromatic rings. The minimum absolute atomic E-state index is 0.304. The standard InChI is InChI=1S/C12H16N2O/c13-12(15)11(14-8-9-6-7-9)10-4-2-1-3-5-10/h1-5,9,11,14H,6-8H2,(H2,13,15). The van der Waals surface area contributed by atoms with Crippen molar-refractivity contribution >= 4 is 5.91 Å². The van der Waals surface area contributed by atoms with Gasteiger partial charge >= 0.3 is 0 Å². The van der Waals surface area contributed by atoms with E-state index in [2.05, 4.69) is 5.32 Å². The second kappa shape index (κ2) is 4.45. The van der Waals surface area contributed by atoms with E-state index in [-0.39, 0.29) is 11.9 Å². The van der Waals surface area contributed by atoms with Crippen molar-refractivity contribution in [1.82, 2.24) is 5.32 Å². The first-order chi connectivity index (χ1) is 7.27. The van der Waals surface area contributed by atoms with Gasteiger partial charge < -0.3 is 11.1 Å². The van der Waals surface area contributed by atoms with Gasteiger partial charge in [-0.1, -0.05) is 30.3 Å². The summed E-state index contributed by atoms with van der Waals surface area (Å²) in [5.74, 6) is 0.442. The number of hydrogen-bond donors (Lipinski definition) is 2. The largest absolute Gasteiger partial charge is 0.368 e. The molecule has 0 heterocycles. The fraction of sp³-hybridized carbons (Fsp3) is 0.417. The molecule has 1 aromatic carbocycles.